The molecule has 0 aliphatic rings. The normalized spacial score (nSPS) is 14.2. The number of halogens is 1. The second kappa shape index (κ2) is 5.61. The summed E-state index contributed by atoms with van der Waals surface area (Å²) in [5.41, 5.74) is 6.19. The van der Waals surface area contributed by atoms with Crippen molar-refractivity contribution in [1.82, 2.24) is 0 Å². The highest BCUT2D eigenvalue weighted by Crippen LogP contribution is 2.11. The van der Waals surface area contributed by atoms with Crippen molar-refractivity contribution < 1.29 is 9.18 Å². The van der Waals surface area contributed by atoms with Crippen molar-refractivity contribution in [3.8, 4) is 0 Å². The lowest BCUT2D eigenvalue weighted by Crippen LogP contribution is -2.40. The molecule has 1 aromatic carbocycles. The quantitative estimate of drug-likeness (QED) is 0.823. The van der Waals surface area contributed by atoms with Crippen LogP contribution in [-0.4, -0.2) is 11.9 Å². The van der Waals surface area contributed by atoms with Crippen molar-refractivity contribution in [3.05, 3.63) is 30.1 Å². The molecule has 0 spiro atoms. The Labute approximate surface area is 94.8 Å². The summed E-state index contributed by atoms with van der Waals surface area (Å²) >= 11 is 0. The summed E-state index contributed by atoms with van der Waals surface area (Å²) in [7, 11) is 0. The van der Waals surface area contributed by atoms with Crippen molar-refractivity contribution in [2.45, 2.75) is 26.3 Å². The number of benzene rings is 1. The Morgan fingerprint density at radius 2 is 2.25 bits per heavy atom. The third-order valence-electron chi connectivity index (χ3n) is 2.65. The van der Waals surface area contributed by atoms with E-state index in [0.29, 0.717) is 5.69 Å². The number of anilines is 1. The van der Waals surface area contributed by atoms with Crippen molar-refractivity contribution in [2.24, 2.45) is 11.7 Å². The summed E-state index contributed by atoms with van der Waals surface area (Å²) < 4.78 is 12.9. The number of nitrogens with two attached hydrogens (primary N) is 1. The van der Waals surface area contributed by atoms with E-state index in [9.17, 15) is 9.18 Å². The molecule has 0 fully saturated rings. The minimum absolute atomic E-state index is 0.105. The monoisotopic (exact) mass is 224 g/mol. The maximum atomic E-state index is 12.9. The van der Waals surface area contributed by atoms with Gasteiger partial charge in [-0.15, -0.1) is 0 Å². The Kier molecular flexibility index (Phi) is 4.43. The van der Waals surface area contributed by atoms with E-state index in [1.807, 2.05) is 13.8 Å². The fourth-order valence-electron chi connectivity index (χ4n) is 1.30. The van der Waals surface area contributed by atoms with Gasteiger partial charge in [0.2, 0.25) is 5.91 Å². The average Bonchev–Trinajstić information content (AvgIpc) is 2.27. The molecule has 2 atom stereocenters. The van der Waals surface area contributed by atoms with E-state index in [2.05, 4.69) is 5.32 Å². The van der Waals surface area contributed by atoms with Gasteiger partial charge in [0.1, 0.15) is 5.82 Å². The predicted molar refractivity (Wildman–Crippen MR) is 62.5 cm³/mol. The second-order valence-electron chi connectivity index (χ2n) is 3.91. The summed E-state index contributed by atoms with van der Waals surface area (Å²) in [6, 6.07) is 5.20. The second-order valence-corrected chi connectivity index (χ2v) is 3.91. The van der Waals surface area contributed by atoms with Gasteiger partial charge >= 0.3 is 0 Å². The first-order chi connectivity index (χ1) is 7.54. The number of amides is 1. The van der Waals surface area contributed by atoms with Gasteiger partial charge in [-0.1, -0.05) is 26.3 Å². The van der Waals surface area contributed by atoms with Crippen LogP contribution >= 0.6 is 0 Å². The Morgan fingerprint density at radius 3 is 2.81 bits per heavy atom. The number of nitrogens with one attached hydrogen (secondary N) is 1. The van der Waals surface area contributed by atoms with E-state index < -0.39 is 6.04 Å². The van der Waals surface area contributed by atoms with Crippen LogP contribution in [-0.2, 0) is 4.79 Å². The van der Waals surface area contributed by atoms with Crippen molar-refractivity contribution in [2.75, 3.05) is 5.32 Å². The molecule has 3 N–H and O–H groups in total. The Bertz CT molecular complexity index is 368. The Hall–Kier alpha value is -1.42. The molecular formula is C12H17FN2O. The van der Waals surface area contributed by atoms with Crippen LogP contribution in [0.1, 0.15) is 20.3 Å². The molecule has 0 radical (unpaired) electrons. The standard InChI is InChI=1S/C12H17FN2O/c1-3-8(2)11(14)12(16)15-10-6-4-5-9(13)7-10/h4-8,11H,3,14H2,1-2H3,(H,15,16)/t8?,11-/m0/s1. The Balaban J connectivity index is 2.64. The number of carbonyl (C=O) groups is 1. The summed E-state index contributed by atoms with van der Waals surface area (Å²) in [4.78, 5) is 11.7. The molecular weight excluding hydrogens is 207 g/mol. The molecule has 0 aliphatic carbocycles. The van der Waals surface area contributed by atoms with E-state index in [1.54, 1.807) is 12.1 Å². The molecule has 0 aromatic heterocycles. The van der Waals surface area contributed by atoms with Crippen LogP contribution in [0.5, 0.6) is 0 Å². The van der Waals surface area contributed by atoms with Crippen LogP contribution in [0.15, 0.2) is 24.3 Å². The van der Waals surface area contributed by atoms with Crippen LogP contribution < -0.4 is 11.1 Å². The third-order valence-corrected chi connectivity index (χ3v) is 2.65. The number of rotatable bonds is 4. The zero-order valence-electron chi connectivity index (χ0n) is 9.53. The van der Waals surface area contributed by atoms with Gasteiger partial charge in [-0.3, -0.25) is 4.79 Å². The highest BCUT2D eigenvalue weighted by atomic mass is 19.1. The third kappa shape index (κ3) is 3.31. The Morgan fingerprint density at radius 1 is 1.56 bits per heavy atom. The highest BCUT2D eigenvalue weighted by molar-refractivity contribution is 5.94. The smallest absolute Gasteiger partial charge is 0.241 e. The molecule has 4 heteroatoms. The van der Waals surface area contributed by atoms with E-state index in [0.717, 1.165) is 6.42 Å². The van der Waals surface area contributed by atoms with Crippen molar-refractivity contribution >= 4 is 11.6 Å². The molecule has 0 bridgehead atoms. The van der Waals surface area contributed by atoms with Gasteiger partial charge < -0.3 is 11.1 Å². The lowest BCUT2D eigenvalue weighted by molar-refractivity contribution is -0.118. The molecule has 16 heavy (non-hydrogen) atoms. The lowest BCUT2D eigenvalue weighted by atomic mass is 9.99. The largest absolute Gasteiger partial charge is 0.325 e. The molecule has 88 valence electrons. The highest BCUT2D eigenvalue weighted by Gasteiger charge is 2.19. The van der Waals surface area contributed by atoms with E-state index in [1.165, 1.54) is 12.1 Å². The van der Waals surface area contributed by atoms with Gasteiger partial charge in [0.25, 0.3) is 0 Å². The van der Waals surface area contributed by atoms with Gasteiger partial charge in [-0.2, -0.15) is 0 Å². The summed E-state index contributed by atoms with van der Waals surface area (Å²) in [6.07, 6.45) is 0.831. The molecule has 1 unspecified atom stereocenters. The minimum Gasteiger partial charge on any atom is -0.325 e. The minimum atomic E-state index is -0.562. The first kappa shape index (κ1) is 12.6. The summed E-state index contributed by atoms with van der Waals surface area (Å²) in [6.45, 7) is 3.88. The maximum absolute atomic E-state index is 12.9. The number of hydrogen-bond acceptors (Lipinski definition) is 2. The first-order valence-electron chi connectivity index (χ1n) is 5.36. The van der Waals surface area contributed by atoms with Gasteiger partial charge in [-0.25, -0.2) is 4.39 Å². The summed E-state index contributed by atoms with van der Waals surface area (Å²) in [5.74, 6) is -0.552. The van der Waals surface area contributed by atoms with Gasteiger partial charge in [0.15, 0.2) is 0 Å². The van der Waals surface area contributed by atoms with Gasteiger partial charge in [-0.05, 0) is 24.1 Å². The SMILES string of the molecule is CCC(C)[C@H](N)C(=O)Nc1cccc(F)c1. The molecule has 0 saturated heterocycles. The summed E-state index contributed by atoms with van der Waals surface area (Å²) in [5, 5.41) is 2.59. The van der Waals surface area contributed by atoms with Gasteiger partial charge in [0, 0.05) is 5.69 Å². The maximum Gasteiger partial charge on any atom is 0.241 e. The van der Waals surface area contributed by atoms with Gasteiger partial charge in [0.05, 0.1) is 6.04 Å². The predicted octanol–water partition coefficient (Wildman–Crippen LogP) is 2.14. The topological polar surface area (TPSA) is 55.1 Å². The van der Waals surface area contributed by atoms with E-state index in [4.69, 9.17) is 5.73 Å². The van der Waals surface area contributed by atoms with Crippen LogP contribution in [0.2, 0.25) is 0 Å². The number of hydrogen-bond donors (Lipinski definition) is 2. The first-order valence-corrected chi connectivity index (χ1v) is 5.36. The van der Waals surface area contributed by atoms with Crippen molar-refractivity contribution in [3.63, 3.8) is 0 Å². The molecule has 0 aliphatic heterocycles. The van der Waals surface area contributed by atoms with Crippen molar-refractivity contribution in [1.29, 1.82) is 0 Å². The zero-order chi connectivity index (χ0) is 12.1. The zero-order valence-corrected chi connectivity index (χ0v) is 9.53. The number of carbonyl (C=O) groups excluding carboxylic acids is 1. The lowest BCUT2D eigenvalue weighted by Gasteiger charge is -2.17. The average molecular weight is 224 g/mol. The molecule has 1 rings (SSSR count). The molecule has 1 aromatic rings. The fourth-order valence-corrected chi connectivity index (χ4v) is 1.30. The van der Waals surface area contributed by atoms with Crippen LogP contribution in [0, 0.1) is 11.7 Å². The van der Waals surface area contributed by atoms with Crippen LogP contribution in [0.4, 0.5) is 10.1 Å². The van der Waals surface area contributed by atoms with E-state index in [-0.39, 0.29) is 17.6 Å². The van der Waals surface area contributed by atoms with Crippen LogP contribution in [0.25, 0.3) is 0 Å². The van der Waals surface area contributed by atoms with Crippen LogP contribution in [0.3, 0.4) is 0 Å². The molecule has 3 nitrogen and oxygen atoms in total. The molecule has 0 saturated carbocycles. The molecule has 1 amide bonds. The van der Waals surface area contributed by atoms with E-state index >= 15 is 0 Å². The fraction of sp³-hybridized carbons (Fsp3) is 0.417. The molecule has 0 heterocycles.